The van der Waals surface area contributed by atoms with Gasteiger partial charge in [0, 0.05) is 51.4 Å². The lowest BCUT2D eigenvalue weighted by Crippen LogP contribution is -2.46. The van der Waals surface area contributed by atoms with Crippen molar-refractivity contribution < 1.29 is 19.0 Å². The predicted octanol–water partition coefficient (Wildman–Crippen LogP) is 4.20. The molecule has 1 atom stereocenters. The van der Waals surface area contributed by atoms with Gasteiger partial charge in [-0.1, -0.05) is 12.1 Å². The van der Waals surface area contributed by atoms with Gasteiger partial charge >= 0.3 is 5.97 Å². The van der Waals surface area contributed by atoms with Crippen molar-refractivity contribution in [1.82, 2.24) is 19.4 Å². The lowest BCUT2D eigenvalue weighted by molar-refractivity contribution is -0.0592. The Morgan fingerprint density at radius 2 is 1.89 bits per heavy atom. The van der Waals surface area contributed by atoms with Gasteiger partial charge in [-0.15, -0.1) is 0 Å². The summed E-state index contributed by atoms with van der Waals surface area (Å²) < 4.78 is 22.5. The number of carboxylic acid groups (broad SMARTS) is 1. The Morgan fingerprint density at radius 1 is 1.05 bits per heavy atom. The number of aromatic nitrogens is 3. The fourth-order valence-corrected chi connectivity index (χ4v) is 6.38. The molecule has 0 amide bonds. The monoisotopic (exact) mass is 595 g/mol. The molecule has 44 heavy (non-hydrogen) atoms. The summed E-state index contributed by atoms with van der Waals surface area (Å²) in [5.41, 5.74) is 3.94. The van der Waals surface area contributed by atoms with Gasteiger partial charge in [-0.3, -0.25) is 4.90 Å². The van der Waals surface area contributed by atoms with E-state index in [-0.39, 0.29) is 17.5 Å². The molecule has 0 bridgehead atoms. The van der Waals surface area contributed by atoms with E-state index in [1.165, 1.54) is 11.6 Å². The molecule has 11 heteroatoms. The SMILES string of the molecule is N#Cc1ccc(CN2CCCc3ccc(N4CCN(Cc5nc6ccc(C(=O)O)cc6n5CC5CCO5)CC4)nc32)c(F)c1. The van der Waals surface area contributed by atoms with E-state index in [1.54, 1.807) is 30.3 Å². The number of carbonyl (C=O) groups is 1. The second-order valence-corrected chi connectivity index (χ2v) is 11.8. The number of anilines is 2. The molecule has 2 saturated heterocycles. The Hall–Kier alpha value is -4.53. The molecule has 1 unspecified atom stereocenters. The Bertz CT molecular complexity index is 1750. The number of piperazine rings is 1. The third-order valence-corrected chi connectivity index (χ3v) is 8.97. The average Bonchev–Trinajstić information content (AvgIpc) is 3.35. The number of fused-ring (bicyclic) bond motifs is 2. The number of benzene rings is 2. The number of aryl methyl sites for hydroxylation is 1. The van der Waals surface area contributed by atoms with Crippen molar-refractivity contribution in [3.05, 3.63) is 82.4 Å². The van der Waals surface area contributed by atoms with Crippen LogP contribution in [-0.4, -0.2) is 75.9 Å². The van der Waals surface area contributed by atoms with Crippen molar-refractivity contribution in [3.8, 4) is 6.07 Å². The van der Waals surface area contributed by atoms with Gasteiger partial charge in [0.15, 0.2) is 0 Å². The number of pyridine rings is 1. The maximum atomic E-state index is 14.7. The van der Waals surface area contributed by atoms with E-state index in [9.17, 15) is 14.3 Å². The molecule has 1 N–H and O–H groups in total. The molecule has 0 saturated carbocycles. The Labute approximate surface area is 254 Å². The second kappa shape index (κ2) is 11.9. The molecule has 0 spiro atoms. The van der Waals surface area contributed by atoms with Crippen molar-refractivity contribution in [2.75, 3.05) is 49.1 Å². The van der Waals surface area contributed by atoms with Gasteiger partial charge in [0.2, 0.25) is 0 Å². The minimum absolute atomic E-state index is 0.125. The van der Waals surface area contributed by atoms with Gasteiger partial charge in [0.25, 0.3) is 0 Å². The van der Waals surface area contributed by atoms with Crippen molar-refractivity contribution in [2.24, 2.45) is 0 Å². The van der Waals surface area contributed by atoms with Crippen LogP contribution in [0.1, 0.15) is 45.7 Å². The summed E-state index contributed by atoms with van der Waals surface area (Å²) in [6.07, 6.45) is 3.05. The Balaban J connectivity index is 1.05. The molecule has 0 radical (unpaired) electrons. The first kappa shape index (κ1) is 28.3. The number of hydrogen-bond acceptors (Lipinski definition) is 8. The van der Waals surface area contributed by atoms with Crippen molar-refractivity contribution >= 4 is 28.6 Å². The minimum Gasteiger partial charge on any atom is -0.478 e. The average molecular weight is 596 g/mol. The standard InChI is InChI=1S/C33H34FN7O3/c34-27-16-22(18-35)3-4-25(27)19-40-10-1-2-23-6-8-30(37-32(23)40)39-13-11-38(12-14-39)21-31-36-28-7-5-24(33(42)43)17-29(28)41(31)20-26-9-15-44-26/h3-8,16-17,26H,1-2,9-15,19-21H2,(H,42,43). The smallest absolute Gasteiger partial charge is 0.335 e. The van der Waals surface area contributed by atoms with Gasteiger partial charge in [-0.2, -0.15) is 5.26 Å². The zero-order chi connectivity index (χ0) is 30.2. The fraction of sp³-hybridized carbons (Fsp3) is 0.394. The van der Waals surface area contributed by atoms with Crippen LogP contribution in [-0.2, 0) is 30.8 Å². The number of rotatable bonds is 8. The second-order valence-electron chi connectivity index (χ2n) is 11.8. The molecule has 3 aliphatic heterocycles. The quantitative estimate of drug-likeness (QED) is 0.320. The van der Waals surface area contributed by atoms with Crippen LogP contribution in [0.25, 0.3) is 11.0 Å². The lowest BCUT2D eigenvalue weighted by atomic mass is 10.0. The molecule has 0 aliphatic carbocycles. The molecule has 2 aromatic heterocycles. The van der Waals surface area contributed by atoms with Crippen molar-refractivity contribution in [1.29, 1.82) is 5.26 Å². The van der Waals surface area contributed by atoms with Gasteiger partial charge in [-0.05, 0) is 61.2 Å². The summed E-state index contributed by atoms with van der Waals surface area (Å²) >= 11 is 0. The van der Waals surface area contributed by atoms with Crippen LogP contribution in [0.3, 0.4) is 0 Å². The number of nitriles is 1. The first-order valence-corrected chi connectivity index (χ1v) is 15.2. The first-order chi connectivity index (χ1) is 21.4. The summed E-state index contributed by atoms with van der Waals surface area (Å²) in [6.45, 7) is 6.60. The molecule has 2 aromatic carbocycles. The fourth-order valence-electron chi connectivity index (χ4n) is 6.38. The maximum Gasteiger partial charge on any atom is 0.335 e. The van der Waals surface area contributed by atoms with E-state index in [4.69, 9.17) is 20.0 Å². The number of carboxylic acids is 1. The van der Waals surface area contributed by atoms with E-state index < -0.39 is 5.97 Å². The summed E-state index contributed by atoms with van der Waals surface area (Å²) in [5.74, 6) is 1.44. The Kier molecular flexibility index (Phi) is 7.62. The van der Waals surface area contributed by atoms with Gasteiger partial charge in [0.1, 0.15) is 23.3 Å². The largest absolute Gasteiger partial charge is 0.478 e. The summed E-state index contributed by atoms with van der Waals surface area (Å²) in [5, 5.41) is 18.6. The molecule has 4 aromatic rings. The van der Waals surface area contributed by atoms with Crippen molar-refractivity contribution in [2.45, 2.75) is 45.0 Å². The predicted molar refractivity (Wildman–Crippen MR) is 163 cm³/mol. The van der Waals surface area contributed by atoms with Crippen molar-refractivity contribution in [3.63, 3.8) is 0 Å². The number of aromatic carboxylic acids is 1. The molecule has 2 fully saturated rings. The van der Waals surface area contributed by atoms with E-state index in [0.717, 1.165) is 87.1 Å². The van der Waals surface area contributed by atoms with E-state index in [1.807, 2.05) is 6.07 Å². The number of halogens is 1. The lowest BCUT2D eigenvalue weighted by Gasteiger charge is -2.37. The van der Waals surface area contributed by atoms with E-state index in [0.29, 0.717) is 30.8 Å². The number of imidazole rings is 1. The van der Waals surface area contributed by atoms with Gasteiger partial charge in [-0.25, -0.2) is 19.2 Å². The normalized spacial score (nSPS) is 18.6. The number of nitrogens with zero attached hydrogens (tertiary/aromatic N) is 7. The first-order valence-electron chi connectivity index (χ1n) is 15.2. The number of ether oxygens (including phenoxy) is 1. The van der Waals surface area contributed by atoms with E-state index >= 15 is 0 Å². The molecular weight excluding hydrogens is 561 g/mol. The van der Waals surface area contributed by atoms with Gasteiger partial charge in [0.05, 0.1) is 47.4 Å². The third kappa shape index (κ3) is 5.58. The topological polar surface area (TPSA) is 111 Å². The molecule has 3 aliphatic rings. The van der Waals surface area contributed by atoms with Crippen LogP contribution in [0.5, 0.6) is 0 Å². The van der Waals surface area contributed by atoms with Crippen LogP contribution in [0.4, 0.5) is 16.0 Å². The molecule has 7 rings (SSSR count). The van der Waals surface area contributed by atoms with Crippen LogP contribution in [0.15, 0.2) is 48.5 Å². The summed E-state index contributed by atoms with van der Waals surface area (Å²) in [7, 11) is 0. The molecular formula is C33H34FN7O3. The highest BCUT2D eigenvalue weighted by Crippen LogP contribution is 2.30. The summed E-state index contributed by atoms with van der Waals surface area (Å²) in [6, 6.07) is 16.0. The highest BCUT2D eigenvalue weighted by atomic mass is 19.1. The highest BCUT2D eigenvalue weighted by molar-refractivity contribution is 5.92. The molecule has 226 valence electrons. The maximum absolute atomic E-state index is 14.7. The zero-order valence-electron chi connectivity index (χ0n) is 24.5. The van der Waals surface area contributed by atoms with Gasteiger partial charge < -0.3 is 24.2 Å². The highest BCUT2D eigenvalue weighted by Gasteiger charge is 2.26. The van der Waals surface area contributed by atoms with Crippen LogP contribution in [0, 0.1) is 17.1 Å². The summed E-state index contributed by atoms with van der Waals surface area (Å²) in [4.78, 5) is 28.4. The molecule has 5 heterocycles. The van der Waals surface area contributed by atoms with Crippen LogP contribution in [0.2, 0.25) is 0 Å². The molecule has 10 nitrogen and oxygen atoms in total. The van der Waals surface area contributed by atoms with Crippen LogP contribution >= 0.6 is 0 Å². The van der Waals surface area contributed by atoms with E-state index in [2.05, 4.69) is 31.4 Å². The Morgan fingerprint density at radius 3 is 2.61 bits per heavy atom. The van der Waals surface area contributed by atoms with Crippen LogP contribution < -0.4 is 9.80 Å². The number of hydrogen-bond donors (Lipinski definition) is 1. The third-order valence-electron chi connectivity index (χ3n) is 8.97. The minimum atomic E-state index is -0.947. The zero-order valence-corrected chi connectivity index (χ0v) is 24.5.